The third kappa shape index (κ3) is 6.50. The van der Waals surface area contributed by atoms with E-state index in [1.54, 1.807) is 7.11 Å². The number of rotatable bonds is 8. The Balaban J connectivity index is 1.41. The number of benzene rings is 2. The summed E-state index contributed by atoms with van der Waals surface area (Å²) in [7, 11) is 1.72. The number of carbonyl (C=O) groups is 1. The van der Waals surface area contributed by atoms with Gasteiger partial charge in [-0.15, -0.1) is 0 Å². The van der Waals surface area contributed by atoms with E-state index in [0.717, 1.165) is 49.1 Å². The van der Waals surface area contributed by atoms with E-state index in [-0.39, 0.29) is 11.9 Å². The summed E-state index contributed by atoms with van der Waals surface area (Å²) in [6.45, 7) is 4.76. The van der Waals surface area contributed by atoms with Gasteiger partial charge in [0.05, 0.1) is 19.6 Å². The molecule has 1 saturated carbocycles. The first-order valence-electron chi connectivity index (χ1n) is 12.3. The van der Waals surface area contributed by atoms with Crippen LogP contribution in [0.3, 0.4) is 0 Å². The highest BCUT2D eigenvalue weighted by Crippen LogP contribution is 2.31. The molecule has 5 nitrogen and oxygen atoms in total. The zero-order valence-electron chi connectivity index (χ0n) is 19.6. The van der Waals surface area contributed by atoms with Gasteiger partial charge in [-0.05, 0) is 36.6 Å². The minimum atomic E-state index is 0.0260. The van der Waals surface area contributed by atoms with Crippen molar-refractivity contribution in [1.82, 2.24) is 15.1 Å². The summed E-state index contributed by atoms with van der Waals surface area (Å²) in [5.74, 6) is 0.905. The number of amides is 1. The molecule has 2 aliphatic rings. The van der Waals surface area contributed by atoms with Crippen LogP contribution in [0.15, 0.2) is 48.5 Å². The van der Waals surface area contributed by atoms with Crippen molar-refractivity contribution in [1.29, 1.82) is 0 Å². The van der Waals surface area contributed by atoms with Crippen LogP contribution in [-0.4, -0.2) is 61.6 Å². The second-order valence-corrected chi connectivity index (χ2v) is 9.67. The summed E-state index contributed by atoms with van der Waals surface area (Å²) in [5, 5.41) is 3.87. The summed E-state index contributed by atoms with van der Waals surface area (Å²) < 4.78 is 5.68. The van der Waals surface area contributed by atoms with Crippen LogP contribution in [0.2, 0.25) is 5.02 Å². The average molecular weight is 470 g/mol. The quantitative estimate of drug-likeness (QED) is 0.608. The minimum Gasteiger partial charge on any atom is -0.496 e. The Hall–Kier alpha value is -2.08. The SMILES string of the molecule is COc1ccccc1C(CNC(=O)Cc1ccc(Cl)cc1)N1CCN(C2CCCCC2)CC1. The van der Waals surface area contributed by atoms with Crippen LogP contribution >= 0.6 is 11.6 Å². The third-order valence-corrected chi connectivity index (χ3v) is 7.40. The van der Waals surface area contributed by atoms with Gasteiger partial charge in [0.2, 0.25) is 5.91 Å². The molecule has 178 valence electrons. The molecule has 33 heavy (non-hydrogen) atoms. The molecule has 0 radical (unpaired) electrons. The summed E-state index contributed by atoms with van der Waals surface area (Å²) in [4.78, 5) is 17.9. The van der Waals surface area contributed by atoms with Crippen LogP contribution in [0.5, 0.6) is 5.75 Å². The molecule has 1 N–H and O–H groups in total. The number of methoxy groups -OCH3 is 1. The van der Waals surface area contributed by atoms with Gasteiger partial charge in [0.1, 0.15) is 5.75 Å². The van der Waals surface area contributed by atoms with Gasteiger partial charge in [-0.2, -0.15) is 0 Å². The van der Waals surface area contributed by atoms with E-state index in [9.17, 15) is 4.79 Å². The van der Waals surface area contributed by atoms with Crippen LogP contribution in [0.1, 0.15) is 49.3 Å². The van der Waals surface area contributed by atoms with E-state index in [4.69, 9.17) is 16.3 Å². The van der Waals surface area contributed by atoms with Gasteiger partial charge in [0.25, 0.3) is 0 Å². The molecule has 1 heterocycles. The number of piperazine rings is 1. The van der Waals surface area contributed by atoms with Crippen LogP contribution in [-0.2, 0) is 11.2 Å². The van der Waals surface area contributed by atoms with E-state index in [2.05, 4.69) is 27.2 Å². The van der Waals surface area contributed by atoms with Gasteiger partial charge in [-0.3, -0.25) is 14.6 Å². The van der Waals surface area contributed by atoms with Crippen LogP contribution < -0.4 is 10.1 Å². The van der Waals surface area contributed by atoms with Crippen molar-refractivity contribution in [2.45, 2.75) is 50.6 Å². The number of nitrogens with zero attached hydrogens (tertiary/aromatic N) is 2. The highest BCUT2D eigenvalue weighted by atomic mass is 35.5. The molecule has 0 spiro atoms. The molecule has 1 amide bonds. The maximum atomic E-state index is 12.7. The van der Waals surface area contributed by atoms with Gasteiger partial charge in [0.15, 0.2) is 0 Å². The maximum absolute atomic E-state index is 12.7. The standard InChI is InChI=1S/C27H36ClN3O2/c1-33-26-10-6-5-9-24(26)25(20-29-27(32)19-21-11-13-22(28)14-12-21)31-17-15-30(16-18-31)23-7-3-2-4-8-23/h5-6,9-14,23,25H,2-4,7-8,15-20H2,1H3,(H,29,32). The molecule has 1 unspecified atom stereocenters. The highest BCUT2D eigenvalue weighted by molar-refractivity contribution is 6.30. The molecule has 2 fully saturated rings. The highest BCUT2D eigenvalue weighted by Gasteiger charge is 2.30. The van der Waals surface area contributed by atoms with Gasteiger partial charge < -0.3 is 10.1 Å². The van der Waals surface area contributed by atoms with Crippen molar-refractivity contribution < 1.29 is 9.53 Å². The fourth-order valence-corrected chi connectivity index (χ4v) is 5.42. The fraction of sp³-hybridized carbons (Fsp3) is 0.519. The normalized spacial score (nSPS) is 19.2. The molecule has 2 aromatic rings. The fourth-order valence-electron chi connectivity index (χ4n) is 5.30. The van der Waals surface area contributed by atoms with E-state index in [1.807, 2.05) is 36.4 Å². The lowest BCUT2D eigenvalue weighted by Crippen LogP contribution is -2.53. The molecule has 1 atom stereocenters. The monoisotopic (exact) mass is 469 g/mol. The summed E-state index contributed by atoms with van der Waals surface area (Å²) >= 11 is 5.97. The molecule has 1 aliphatic carbocycles. The molecular weight excluding hydrogens is 434 g/mol. The van der Waals surface area contributed by atoms with Gasteiger partial charge in [-0.25, -0.2) is 0 Å². The van der Waals surface area contributed by atoms with Crippen molar-refractivity contribution in [3.05, 3.63) is 64.7 Å². The third-order valence-electron chi connectivity index (χ3n) is 7.15. The summed E-state index contributed by atoms with van der Waals surface area (Å²) in [6, 6.07) is 16.5. The second kappa shape index (κ2) is 11.9. The number of ether oxygens (including phenoxy) is 1. The smallest absolute Gasteiger partial charge is 0.224 e. The zero-order chi connectivity index (χ0) is 23.0. The van der Waals surface area contributed by atoms with E-state index in [1.165, 1.54) is 32.1 Å². The number of nitrogens with one attached hydrogen (secondary N) is 1. The number of hydrogen-bond donors (Lipinski definition) is 1. The first kappa shape index (κ1) is 24.1. The van der Waals surface area contributed by atoms with Crippen molar-refractivity contribution in [3.63, 3.8) is 0 Å². The predicted molar refractivity (Wildman–Crippen MR) is 134 cm³/mol. The first-order chi connectivity index (χ1) is 16.1. The number of carbonyl (C=O) groups excluding carboxylic acids is 1. The molecule has 2 aromatic carbocycles. The van der Waals surface area contributed by atoms with Gasteiger partial charge in [0, 0.05) is 49.4 Å². The minimum absolute atomic E-state index is 0.0260. The van der Waals surface area contributed by atoms with Crippen LogP contribution in [0, 0.1) is 0 Å². The Morgan fingerprint density at radius 3 is 2.42 bits per heavy atom. The van der Waals surface area contributed by atoms with Crippen molar-refractivity contribution in [2.24, 2.45) is 0 Å². The first-order valence-corrected chi connectivity index (χ1v) is 12.6. The van der Waals surface area contributed by atoms with Gasteiger partial charge in [-0.1, -0.05) is 61.2 Å². The van der Waals surface area contributed by atoms with Crippen LogP contribution in [0.4, 0.5) is 0 Å². The molecular formula is C27H36ClN3O2. The Labute approximate surface area is 203 Å². The summed E-state index contributed by atoms with van der Waals surface area (Å²) in [5.41, 5.74) is 2.10. The van der Waals surface area contributed by atoms with E-state index in [0.29, 0.717) is 18.0 Å². The van der Waals surface area contributed by atoms with Crippen molar-refractivity contribution in [2.75, 3.05) is 39.8 Å². The van der Waals surface area contributed by atoms with Crippen LogP contribution in [0.25, 0.3) is 0 Å². The number of halogens is 1. The Morgan fingerprint density at radius 1 is 1.03 bits per heavy atom. The van der Waals surface area contributed by atoms with Gasteiger partial charge >= 0.3 is 0 Å². The molecule has 1 aliphatic heterocycles. The lowest BCUT2D eigenvalue weighted by Gasteiger charge is -2.43. The molecule has 0 aromatic heterocycles. The maximum Gasteiger partial charge on any atom is 0.224 e. The number of para-hydroxylation sites is 1. The Kier molecular flexibility index (Phi) is 8.65. The lowest BCUT2D eigenvalue weighted by atomic mass is 9.93. The molecule has 4 rings (SSSR count). The number of hydrogen-bond acceptors (Lipinski definition) is 4. The molecule has 6 heteroatoms. The summed E-state index contributed by atoms with van der Waals surface area (Å²) in [6.07, 6.45) is 7.17. The Morgan fingerprint density at radius 2 is 1.73 bits per heavy atom. The predicted octanol–water partition coefficient (Wildman–Crippen LogP) is 4.70. The zero-order valence-corrected chi connectivity index (χ0v) is 20.4. The van der Waals surface area contributed by atoms with E-state index < -0.39 is 0 Å². The lowest BCUT2D eigenvalue weighted by molar-refractivity contribution is -0.120. The topological polar surface area (TPSA) is 44.8 Å². The second-order valence-electron chi connectivity index (χ2n) is 9.23. The van der Waals surface area contributed by atoms with E-state index >= 15 is 0 Å². The molecule has 0 bridgehead atoms. The Bertz CT molecular complexity index is 890. The largest absolute Gasteiger partial charge is 0.496 e. The average Bonchev–Trinajstić information content (AvgIpc) is 2.87. The molecule has 1 saturated heterocycles. The van der Waals surface area contributed by atoms with Crippen molar-refractivity contribution >= 4 is 17.5 Å². The van der Waals surface area contributed by atoms with Crippen molar-refractivity contribution in [3.8, 4) is 5.75 Å².